The number of hydrogen-bond donors (Lipinski definition) is 4. The minimum absolute atomic E-state index is 0.461. The molecule has 5 N–H and O–H groups in total. The molecule has 1 aromatic carbocycles. The molecule has 0 radical (unpaired) electrons. The van der Waals surface area contributed by atoms with Crippen LogP contribution in [0.5, 0.6) is 0 Å². The van der Waals surface area contributed by atoms with Gasteiger partial charge >= 0.3 is 0 Å². The molecule has 0 aliphatic heterocycles. The molecule has 0 bridgehead atoms. The van der Waals surface area contributed by atoms with Gasteiger partial charge in [-0.05, 0) is 71.6 Å². The maximum absolute atomic E-state index is 13.8. The number of carbonyl (C=O) groups excluding carboxylic acids is 1. The molecule has 5 nitrogen and oxygen atoms in total. The number of allylic oxidation sites excluding steroid dienone is 1. The van der Waals surface area contributed by atoms with Crippen LogP contribution in [0.1, 0.15) is 74.7 Å². The third-order valence-corrected chi connectivity index (χ3v) is 5.66. The Labute approximate surface area is 182 Å². The highest BCUT2D eigenvalue weighted by atomic mass is 19.1. The van der Waals surface area contributed by atoms with Gasteiger partial charge in [0, 0.05) is 49.1 Å². The van der Waals surface area contributed by atoms with E-state index in [-0.39, 0.29) is 0 Å². The van der Waals surface area contributed by atoms with E-state index in [0.717, 1.165) is 43.4 Å². The summed E-state index contributed by atoms with van der Waals surface area (Å²) in [6, 6.07) is 8.83. The van der Waals surface area contributed by atoms with Crippen molar-refractivity contribution in [3.8, 4) is 0 Å². The summed E-state index contributed by atoms with van der Waals surface area (Å²) in [5.74, 6) is 0.522. The van der Waals surface area contributed by atoms with Crippen molar-refractivity contribution in [1.29, 1.82) is 0 Å². The second-order valence-corrected chi connectivity index (χ2v) is 8.23. The zero-order valence-electron chi connectivity index (χ0n) is 19.3. The van der Waals surface area contributed by atoms with Gasteiger partial charge in [-0.15, -0.1) is 0 Å². The van der Waals surface area contributed by atoms with Crippen LogP contribution < -0.4 is 21.7 Å². The maximum Gasteiger partial charge on any atom is 0.150 e. The fraction of sp³-hybridized carbons (Fsp3) is 0.625. The number of hydrogen-bond acceptors (Lipinski definition) is 5. The Hall–Kier alpha value is -1.92. The van der Waals surface area contributed by atoms with Crippen LogP contribution in [-0.4, -0.2) is 44.7 Å². The minimum Gasteiger partial charge on any atom is -0.390 e. The van der Waals surface area contributed by atoms with Gasteiger partial charge in [0.1, 0.15) is 12.0 Å². The van der Waals surface area contributed by atoms with Crippen LogP contribution in [-0.2, 0) is 0 Å². The average Bonchev–Trinajstić information content (AvgIpc) is 3.54. The summed E-state index contributed by atoms with van der Waals surface area (Å²) >= 11 is 0. The van der Waals surface area contributed by atoms with Gasteiger partial charge in [0.2, 0.25) is 0 Å². The highest BCUT2D eigenvalue weighted by Crippen LogP contribution is 2.42. The number of alkyl halides is 1. The van der Waals surface area contributed by atoms with E-state index in [4.69, 9.17) is 0 Å². The number of nitrogens with two attached hydrogens (primary N) is 1. The molecule has 2 atom stereocenters. The molecular weight excluding hydrogens is 379 g/mol. The van der Waals surface area contributed by atoms with Gasteiger partial charge in [0.05, 0.1) is 0 Å². The summed E-state index contributed by atoms with van der Waals surface area (Å²) in [4.78, 5) is 10.8. The van der Waals surface area contributed by atoms with Crippen molar-refractivity contribution in [3.05, 3.63) is 47.3 Å². The quantitative estimate of drug-likeness (QED) is 0.504. The number of carbonyl (C=O) groups is 1. The molecule has 0 amide bonds. The summed E-state index contributed by atoms with van der Waals surface area (Å²) in [5, 5.41) is 9.73. The topological polar surface area (TPSA) is 79.2 Å². The smallest absolute Gasteiger partial charge is 0.150 e. The monoisotopic (exact) mass is 420 g/mol. The second kappa shape index (κ2) is 13.4. The van der Waals surface area contributed by atoms with Crippen LogP contribution in [0.3, 0.4) is 0 Å². The van der Waals surface area contributed by atoms with Crippen LogP contribution in [0.15, 0.2) is 36.2 Å². The van der Waals surface area contributed by atoms with Crippen LogP contribution in [0.2, 0.25) is 0 Å². The number of benzene rings is 1. The van der Waals surface area contributed by atoms with E-state index >= 15 is 0 Å². The average molecular weight is 421 g/mol. The van der Waals surface area contributed by atoms with E-state index in [0.29, 0.717) is 30.8 Å². The molecule has 2 aliphatic rings. The fourth-order valence-corrected chi connectivity index (χ4v) is 3.63. The van der Waals surface area contributed by atoms with E-state index in [1.54, 1.807) is 6.92 Å². The van der Waals surface area contributed by atoms with E-state index in [1.165, 1.54) is 12.6 Å². The fourth-order valence-electron chi connectivity index (χ4n) is 3.63. The molecule has 0 aromatic heterocycles. The van der Waals surface area contributed by atoms with Crippen LogP contribution in [0, 0.1) is 0 Å². The van der Waals surface area contributed by atoms with E-state index in [2.05, 4.69) is 34.7 Å². The summed E-state index contributed by atoms with van der Waals surface area (Å²) in [6.07, 6.45) is 7.20. The molecule has 2 fully saturated rings. The van der Waals surface area contributed by atoms with Crippen LogP contribution >= 0.6 is 0 Å². The van der Waals surface area contributed by atoms with Crippen molar-refractivity contribution in [3.63, 3.8) is 0 Å². The van der Waals surface area contributed by atoms with Crippen molar-refractivity contribution in [2.45, 2.75) is 76.5 Å². The van der Waals surface area contributed by atoms with Crippen molar-refractivity contribution < 1.29 is 9.18 Å². The third kappa shape index (κ3) is 9.26. The molecule has 2 unspecified atom stereocenters. The predicted molar refractivity (Wildman–Crippen MR) is 124 cm³/mol. The molecular formula is C24H41FN4O. The highest BCUT2D eigenvalue weighted by molar-refractivity contribution is 5.75. The number of rotatable bonds is 7. The lowest BCUT2D eigenvalue weighted by Crippen LogP contribution is -2.39. The van der Waals surface area contributed by atoms with E-state index in [9.17, 15) is 9.18 Å². The standard InChI is InChI=1S/C17H22FNO.C6H14N2.CH5N/c1-17(18)7-5-14(6-8-17)19-16-10-15(16)13-4-2-3-12(9-13)11-20;1-4-8-5-6(2)7-3;1-2/h2-4,9,11,14-16,19H,5-8,10H2,1H3;5,7-8H,4H2,1-3H3;2H2,1H3/b;6-5+;. The van der Waals surface area contributed by atoms with Gasteiger partial charge in [0.25, 0.3) is 0 Å². The maximum atomic E-state index is 13.8. The first-order chi connectivity index (χ1) is 14.4. The lowest BCUT2D eigenvalue weighted by atomic mass is 9.85. The van der Waals surface area contributed by atoms with Gasteiger partial charge in [0.15, 0.2) is 0 Å². The van der Waals surface area contributed by atoms with Crippen molar-refractivity contribution >= 4 is 6.29 Å². The predicted octanol–water partition coefficient (Wildman–Crippen LogP) is 3.87. The Bertz CT molecular complexity index is 652. The molecule has 0 heterocycles. The lowest BCUT2D eigenvalue weighted by Gasteiger charge is -2.31. The first-order valence-corrected chi connectivity index (χ1v) is 11.0. The van der Waals surface area contributed by atoms with Gasteiger partial charge in [-0.1, -0.05) is 18.2 Å². The van der Waals surface area contributed by atoms with Crippen LogP contribution in [0.4, 0.5) is 4.39 Å². The molecule has 0 spiro atoms. The number of nitrogens with one attached hydrogen (secondary N) is 3. The Morgan fingerprint density at radius 3 is 2.53 bits per heavy atom. The van der Waals surface area contributed by atoms with Gasteiger partial charge in [-0.3, -0.25) is 4.79 Å². The zero-order chi connectivity index (χ0) is 22.6. The lowest BCUT2D eigenvalue weighted by molar-refractivity contribution is 0.112. The molecule has 6 heteroatoms. The Morgan fingerprint density at radius 2 is 1.97 bits per heavy atom. The van der Waals surface area contributed by atoms with Crippen LogP contribution in [0.25, 0.3) is 0 Å². The molecule has 3 rings (SSSR count). The second-order valence-electron chi connectivity index (χ2n) is 8.23. The van der Waals surface area contributed by atoms with Crippen molar-refractivity contribution in [2.24, 2.45) is 5.73 Å². The molecule has 0 saturated heterocycles. The molecule has 30 heavy (non-hydrogen) atoms. The Morgan fingerprint density at radius 1 is 1.30 bits per heavy atom. The summed E-state index contributed by atoms with van der Waals surface area (Å²) < 4.78 is 13.8. The Kier molecular flexibility index (Phi) is 11.7. The summed E-state index contributed by atoms with van der Waals surface area (Å²) in [7, 11) is 3.41. The van der Waals surface area contributed by atoms with Crippen molar-refractivity contribution in [2.75, 3.05) is 20.6 Å². The van der Waals surface area contributed by atoms with E-state index in [1.807, 2.05) is 38.4 Å². The first kappa shape index (κ1) is 26.1. The zero-order valence-corrected chi connectivity index (χ0v) is 19.3. The third-order valence-electron chi connectivity index (χ3n) is 5.66. The molecule has 2 saturated carbocycles. The number of aldehydes is 1. The molecule has 1 aromatic rings. The van der Waals surface area contributed by atoms with Gasteiger partial charge < -0.3 is 21.7 Å². The summed E-state index contributed by atoms with van der Waals surface area (Å²) in [6.45, 7) is 6.79. The normalized spacial score (nSPS) is 27.6. The minimum atomic E-state index is -0.959. The van der Waals surface area contributed by atoms with E-state index < -0.39 is 5.67 Å². The Balaban J connectivity index is 0.000000383. The van der Waals surface area contributed by atoms with Crippen molar-refractivity contribution in [1.82, 2.24) is 16.0 Å². The number of halogens is 1. The van der Waals surface area contributed by atoms with Gasteiger partial charge in [-0.2, -0.15) is 0 Å². The summed E-state index contributed by atoms with van der Waals surface area (Å²) in [5.41, 5.74) is 6.70. The van der Waals surface area contributed by atoms with Gasteiger partial charge in [-0.25, -0.2) is 4.39 Å². The molecule has 170 valence electrons. The highest BCUT2D eigenvalue weighted by Gasteiger charge is 2.41. The SMILES string of the molecule is CC1(F)CCC(NC2CC2c2cccc(C=O)c2)CC1.CCN/C=C(\C)NC.CN. The first-order valence-electron chi connectivity index (χ1n) is 11.0. The largest absolute Gasteiger partial charge is 0.390 e. The molecule has 2 aliphatic carbocycles.